The average molecular weight is 386 g/mol. The number of nitrogens with zero attached hydrogens (tertiary/aromatic N) is 4. The zero-order chi connectivity index (χ0) is 19.7. The Balaban J connectivity index is 1.62. The van der Waals surface area contributed by atoms with Crippen LogP contribution in [0.25, 0.3) is 0 Å². The number of carbonyl (C=O) groups excluding carboxylic acids is 2. The molecule has 2 atom stereocenters. The lowest BCUT2D eigenvalue weighted by Gasteiger charge is -2.41. The molecule has 0 radical (unpaired) electrons. The number of likely N-dealkylation sites (N-methyl/N-ethyl adjacent to an activating group) is 1. The zero-order valence-corrected chi connectivity index (χ0v) is 15.8. The molecule has 1 aromatic heterocycles. The summed E-state index contributed by atoms with van der Waals surface area (Å²) < 4.78 is 15.7. The number of rotatable bonds is 6. The Hall–Kier alpha value is -2.94. The van der Waals surface area contributed by atoms with Crippen molar-refractivity contribution in [1.82, 2.24) is 19.9 Å². The van der Waals surface area contributed by atoms with Gasteiger partial charge in [-0.05, 0) is 30.5 Å². The lowest BCUT2D eigenvalue weighted by molar-refractivity contribution is -0.170. The highest BCUT2D eigenvalue weighted by Gasteiger charge is 2.48. The van der Waals surface area contributed by atoms with Crippen LogP contribution >= 0.6 is 0 Å². The molecule has 0 spiro atoms. The average Bonchev–Trinajstić information content (AvgIpc) is 3.43. The molecule has 148 valence electrons. The second kappa shape index (κ2) is 7.59. The van der Waals surface area contributed by atoms with Crippen molar-refractivity contribution in [1.29, 1.82) is 0 Å². The zero-order valence-electron chi connectivity index (χ0n) is 15.8. The highest BCUT2D eigenvalue weighted by Crippen LogP contribution is 2.40. The van der Waals surface area contributed by atoms with Gasteiger partial charge in [0, 0.05) is 13.1 Å². The molecule has 0 bridgehead atoms. The van der Waals surface area contributed by atoms with Crippen LogP contribution in [0.15, 0.2) is 35.2 Å². The third kappa shape index (κ3) is 3.57. The quantitative estimate of drug-likeness (QED) is 0.735. The van der Waals surface area contributed by atoms with Crippen LogP contribution in [0.4, 0.5) is 0 Å². The Labute approximate surface area is 162 Å². The standard InChI is InChI=1S/C19H22N4O5/c1-22(9-15-20-11-28-21-15)19(25)18-17(12-3-7-14(26-2)8-4-12)23(13-5-6-13)16(24)10-27-18/h3-4,7-8,11,13,17-18H,5-6,9-10H2,1-2H3/t17-,18+/m1/s1. The molecule has 1 aromatic carbocycles. The molecule has 28 heavy (non-hydrogen) atoms. The summed E-state index contributed by atoms with van der Waals surface area (Å²) in [6, 6.07) is 7.07. The Morgan fingerprint density at radius 3 is 2.68 bits per heavy atom. The first kappa shape index (κ1) is 18.4. The first-order valence-corrected chi connectivity index (χ1v) is 9.15. The minimum Gasteiger partial charge on any atom is -0.497 e. The van der Waals surface area contributed by atoms with Crippen LogP contribution in [0.2, 0.25) is 0 Å². The first-order chi connectivity index (χ1) is 13.6. The molecule has 2 aromatic rings. The fraction of sp³-hybridized carbons (Fsp3) is 0.474. The van der Waals surface area contributed by atoms with E-state index in [1.807, 2.05) is 29.2 Å². The molecule has 1 saturated heterocycles. The summed E-state index contributed by atoms with van der Waals surface area (Å²) in [5, 5.41) is 3.75. The third-order valence-electron chi connectivity index (χ3n) is 5.06. The van der Waals surface area contributed by atoms with E-state index in [1.54, 1.807) is 14.2 Å². The molecule has 1 aliphatic carbocycles. The Kier molecular flexibility index (Phi) is 4.99. The summed E-state index contributed by atoms with van der Waals surface area (Å²) in [5.74, 6) is 0.793. The van der Waals surface area contributed by atoms with Crippen LogP contribution in [-0.4, -0.2) is 64.7 Å². The lowest BCUT2D eigenvalue weighted by Crippen LogP contribution is -2.55. The van der Waals surface area contributed by atoms with Crippen molar-refractivity contribution in [2.24, 2.45) is 0 Å². The van der Waals surface area contributed by atoms with Gasteiger partial charge in [0.15, 0.2) is 11.9 Å². The van der Waals surface area contributed by atoms with Crippen LogP contribution in [0, 0.1) is 0 Å². The number of methoxy groups -OCH3 is 1. The van der Waals surface area contributed by atoms with E-state index in [4.69, 9.17) is 14.0 Å². The van der Waals surface area contributed by atoms with Crippen LogP contribution in [0.5, 0.6) is 5.75 Å². The summed E-state index contributed by atoms with van der Waals surface area (Å²) >= 11 is 0. The smallest absolute Gasteiger partial charge is 0.254 e. The van der Waals surface area contributed by atoms with Gasteiger partial charge >= 0.3 is 0 Å². The summed E-state index contributed by atoms with van der Waals surface area (Å²) in [6.07, 6.45) is 2.30. The van der Waals surface area contributed by atoms with Crippen molar-refractivity contribution in [2.75, 3.05) is 20.8 Å². The van der Waals surface area contributed by atoms with Crippen LogP contribution in [0.3, 0.4) is 0 Å². The van der Waals surface area contributed by atoms with Gasteiger partial charge in [0.1, 0.15) is 12.4 Å². The van der Waals surface area contributed by atoms with Gasteiger partial charge in [0.05, 0.1) is 19.7 Å². The highest BCUT2D eigenvalue weighted by atomic mass is 16.5. The normalized spacial score (nSPS) is 22.2. The van der Waals surface area contributed by atoms with Gasteiger partial charge in [-0.1, -0.05) is 17.3 Å². The number of carbonyl (C=O) groups is 2. The number of amides is 2. The molecule has 0 unspecified atom stereocenters. The Morgan fingerprint density at radius 2 is 2.07 bits per heavy atom. The van der Waals surface area contributed by atoms with Crippen LogP contribution < -0.4 is 4.74 Å². The van der Waals surface area contributed by atoms with Crippen molar-refractivity contribution < 1.29 is 23.6 Å². The summed E-state index contributed by atoms with van der Waals surface area (Å²) in [5.41, 5.74) is 0.840. The number of hydrogen-bond acceptors (Lipinski definition) is 7. The molecule has 2 fully saturated rings. The SMILES string of the molecule is COc1ccc([C@@H]2[C@@H](C(=O)N(C)Cc3ncon3)OCC(=O)N2C2CC2)cc1. The molecule has 2 amide bonds. The number of aromatic nitrogens is 2. The van der Waals surface area contributed by atoms with Gasteiger partial charge in [-0.2, -0.15) is 4.98 Å². The van der Waals surface area contributed by atoms with E-state index in [0.717, 1.165) is 18.4 Å². The number of ether oxygens (including phenoxy) is 2. The third-order valence-corrected chi connectivity index (χ3v) is 5.06. The molecule has 4 rings (SSSR count). The van der Waals surface area contributed by atoms with Crippen molar-refractivity contribution in [3.63, 3.8) is 0 Å². The molecular formula is C19H22N4O5. The molecule has 1 aliphatic heterocycles. The summed E-state index contributed by atoms with van der Waals surface area (Å²) in [4.78, 5) is 33.0. The largest absolute Gasteiger partial charge is 0.497 e. The van der Waals surface area contributed by atoms with E-state index >= 15 is 0 Å². The van der Waals surface area contributed by atoms with Crippen molar-refractivity contribution in [3.05, 3.63) is 42.0 Å². The van der Waals surface area contributed by atoms with E-state index in [-0.39, 0.29) is 31.0 Å². The monoisotopic (exact) mass is 386 g/mol. The summed E-state index contributed by atoms with van der Waals surface area (Å²) in [7, 11) is 3.25. The Morgan fingerprint density at radius 1 is 1.32 bits per heavy atom. The van der Waals surface area contributed by atoms with Crippen LogP contribution in [-0.2, 0) is 20.9 Å². The van der Waals surface area contributed by atoms with E-state index in [0.29, 0.717) is 11.6 Å². The number of morpholine rings is 1. The highest BCUT2D eigenvalue weighted by molar-refractivity contribution is 5.86. The van der Waals surface area contributed by atoms with Gasteiger partial charge in [0.25, 0.3) is 5.91 Å². The molecule has 9 heteroatoms. The molecular weight excluding hydrogens is 364 g/mol. The second-order valence-electron chi connectivity index (χ2n) is 7.02. The number of hydrogen-bond donors (Lipinski definition) is 0. The Bertz CT molecular complexity index is 835. The molecule has 2 aliphatic rings. The maximum Gasteiger partial charge on any atom is 0.254 e. The number of benzene rings is 1. The maximum absolute atomic E-state index is 13.2. The molecule has 0 N–H and O–H groups in total. The van der Waals surface area contributed by atoms with Crippen molar-refractivity contribution in [2.45, 2.75) is 37.6 Å². The van der Waals surface area contributed by atoms with Crippen molar-refractivity contribution >= 4 is 11.8 Å². The first-order valence-electron chi connectivity index (χ1n) is 9.15. The fourth-order valence-corrected chi connectivity index (χ4v) is 3.52. The fourth-order valence-electron chi connectivity index (χ4n) is 3.52. The molecule has 2 heterocycles. The van der Waals surface area contributed by atoms with Gasteiger partial charge in [-0.3, -0.25) is 9.59 Å². The topological polar surface area (TPSA) is 98.0 Å². The van der Waals surface area contributed by atoms with E-state index in [1.165, 1.54) is 11.3 Å². The summed E-state index contributed by atoms with van der Waals surface area (Å²) in [6.45, 7) is 0.0948. The van der Waals surface area contributed by atoms with E-state index in [9.17, 15) is 9.59 Å². The van der Waals surface area contributed by atoms with E-state index < -0.39 is 12.1 Å². The molecule has 1 saturated carbocycles. The van der Waals surface area contributed by atoms with Gasteiger partial charge in [-0.25, -0.2) is 0 Å². The van der Waals surface area contributed by atoms with Gasteiger partial charge in [-0.15, -0.1) is 0 Å². The van der Waals surface area contributed by atoms with Crippen LogP contribution in [0.1, 0.15) is 30.3 Å². The second-order valence-corrected chi connectivity index (χ2v) is 7.02. The predicted molar refractivity (Wildman–Crippen MR) is 96.1 cm³/mol. The predicted octanol–water partition coefficient (Wildman–Crippen LogP) is 1.17. The van der Waals surface area contributed by atoms with Crippen molar-refractivity contribution in [3.8, 4) is 5.75 Å². The lowest BCUT2D eigenvalue weighted by atomic mass is 9.96. The van der Waals surface area contributed by atoms with Gasteiger partial charge < -0.3 is 23.8 Å². The van der Waals surface area contributed by atoms with Gasteiger partial charge in [0.2, 0.25) is 12.3 Å². The minimum absolute atomic E-state index is 0.0896. The minimum atomic E-state index is -0.802. The molecule has 9 nitrogen and oxygen atoms in total. The maximum atomic E-state index is 13.2. The van der Waals surface area contributed by atoms with E-state index in [2.05, 4.69) is 10.1 Å².